The molecule has 2 N–H and O–H groups in total. The molecule has 0 aromatic rings. The van der Waals surface area contributed by atoms with Crippen LogP contribution in [-0.4, -0.2) is 28.6 Å². The molecule has 0 aromatic heterocycles. The van der Waals surface area contributed by atoms with Crippen LogP contribution < -0.4 is 5.73 Å². The van der Waals surface area contributed by atoms with Gasteiger partial charge < -0.3 is 10.5 Å². The number of thioether (sulfide) groups is 1. The Morgan fingerprint density at radius 2 is 2.45 bits per heavy atom. The van der Waals surface area contributed by atoms with E-state index in [0.717, 1.165) is 5.75 Å². The predicted molar refractivity (Wildman–Crippen MR) is 56.0 cm³/mol. The maximum atomic E-state index is 10.9. The van der Waals surface area contributed by atoms with E-state index in [1.165, 1.54) is 0 Å². The van der Waals surface area contributed by atoms with Crippen LogP contribution in [0.1, 0.15) is 6.42 Å². The Bertz CT molecular complexity index is 123. The van der Waals surface area contributed by atoms with Gasteiger partial charge in [0, 0.05) is 0 Å². The standard InChI is InChI=1S/C6H12INO2S/c1-11-3-2-5(8)6(9)10-4-7/h5H,2-4,8H2,1H3/t5-/m0/s1. The quantitative estimate of drug-likeness (QED) is 0.466. The molecule has 11 heavy (non-hydrogen) atoms. The van der Waals surface area contributed by atoms with Crippen LogP contribution in [0.4, 0.5) is 0 Å². The van der Waals surface area contributed by atoms with E-state index >= 15 is 0 Å². The van der Waals surface area contributed by atoms with Crippen LogP contribution in [-0.2, 0) is 9.53 Å². The van der Waals surface area contributed by atoms with Crippen LogP contribution in [0.15, 0.2) is 0 Å². The van der Waals surface area contributed by atoms with Gasteiger partial charge in [-0.05, 0) is 41.0 Å². The molecule has 0 aliphatic heterocycles. The maximum Gasteiger partial charge on any atom is 0.323 e. The molecule has 0 rings (SSSR count). The highest BCUT2D eigenvalue weighted by molar-refractivity contribution is 14.1. The Morgan fingerprint density at radius 1 is 1.82 bits per heavy atom. The summed E-state index contributed by atoms with van der Waals surface area (Å²) in [7, 11) is 0. The van der Waals surface area contributed by atoms with E-state index in [2.05, 4.69) is 0 Å². The zero-order valence-electron chi connectivity index (χ0n) is 6.38. The number of alkyl halides is 1. The first-order chi connectivity index (χ1) is 5.22. The molecule has 0 unspecified atom stereocenters. The molecular weight excluding hydrogens is 277 g/mol. The fourth-order valence-electron chi connectivity index (χ4n) is 0.523. The van der Waals surface area contributed by atoms with E-state index < -0.39 is 6.04 Å². The van der Waals surface area contributed by atoms with E-state index in [1.807, 2.05) is 28.8 Å². The molecule has 0 saturated heterocycles. The zero-order valence-corrected chi connectivity index (χ0v) is 9.35. The van der Waals surface area contributed by atoms with Crippen LogP contribution in [0, 0.1) is 0 Å². The molecule has 0 spiro atoms. The lowest BCUT2D eigenvalue weighted by Gasteiger charge is -2.07. The molecule has 0 fully saturated rings. The Labute approximate surface area is 84.6 Å². The van der Waals surface area contributed by atoms with Crippen molar-refractivity contribution < 1.29 is 9.53 Å². The van der Waals surface area contributed by atoms with Gasteiger partial charge in [0.2, 0.25) is 0 Å². The van der Waals surface area contributed by atoms with Crippen molar-refractivity contribution in [2.24, 2.45) is 5.73 Å². The first kappa shape index (κ1) is 11.5. The van der Waals surface area contributed by atoms with Crippen LogP contribution in [0.3, 0.4) is 0 Å². The highest BCUT2D eigenvalue weighted by atomic mass is 127. The number of carbonyl (C=O) groups excluding carboxylic acids is 1. The average Bonchev–Trinajstić information content (AvgIpc) is 2.00. The molecule has 0 amide bonds. The summed E-state index contributed by atoms with van der Waals surface area (Å²) in [6, 6.07) is -0.447. The molecule has 1 atom stereocenters. The lowest BCUT2D eigenvalue weighted by molar-refractivity contribution is -0.142. The summed E-state index contributed by atoms with van der Waals surface area (Å²) < 4.78 is 5.09. The number of esters is 1. The normalized spacial score (nSPS) is 12.6. The van der Waals surface area contributed by atoms with Gasteiger partial charge in [-0.2, -0.15) is 11.8 Å². The van der Waals surface area contributed by atoms with Crippen molar-refractivity contribution >= 4 is 40.3 Å². The second-order valence-electron chi connectivity index (χ2n) is 1.96. The average molecular weight is 289 g/mol. The number of rotatable bonds is 5. The summed E-state index contributed by atoms with van der Waals surface area (Å²) in [6.07, 6.45) is 2.67. The zero-order chi connectivity index (χ0) is 8.69. The van der Waals surface area contributed by atoms with E-state index in [4.69, 9.17) is 10.5 Å². The second-order valence-corrected chi connectivity index (χ2v) is 3.57. The first-order valence-electron chi connectivity index (χ1n) is 3.19. The van der Waals surface area contributed by atoms with E-state index in [-0.39, 0.29) is 5.97 Å². The summed E-state index contributed by atoms with van der Waals surface area (Å²) in [6.45, 7) is 0. The smallest absolute Gasteiger partial charge is 0.323 e. The fourth-order valence-corrected chi connectivity index (χ4v) is 1.32. The lowest BCUT2D eigenvalue weighted by Crippen LogP contribution is -2.32. The molecule has 0 aliphatic carbocycles. The van der Waals surface area contributed by atoms with Crippen molar-refractivity contribution in [3.8, 4) is 0 Å². The Balaban J connectivity index is 3.46. The van der Waals surface area contributed by atoms with Gasteiger partial charge in [-0.25, -0.2) is 0 Å². The van der Waals surface area contributed by atoms with Crippen molar-refractivity contribution in [3.63, 3.8) is 0 Å². The third-order valence-corrected chi connectivity index (χ3v) is 2.09. The molecular formula is C6H12INO2S. The van der Waals surface area contributed by atoms with Crippen molar-refractivity contribution in [2.75, 3.05) is 16.6 Å². The molecule has 5 heteroatoms. The molecule has 0 saturated carbocycles. The van der Waals surface area contributed by atoms with Gasteiger partial charge in [-0.3, -0.25) is 4.79 Å². The summed E-state index contributed by atoms with van der Waals surface area (Å²) >= 11 is 3.65. The largest absolute Gasteiger partial charge is 0.454 e. The summed E-state index contributed by atoms with van der Waals surface area (Å²) in [5.74, 6) is 0.603. The minimum Gasteiger partial charge on any atom is -0.454 e. The third-order valence-electron chi connectivity index (χ3n) is 1.13. The number of hydrogen-bond donors (Lipinski definition) is 1. The molecule has 0 aromatic carbocycles. The number of ether oxygens (including phenoxy) is 1. The topological polar surface area (TPSA) is 52.3 Å². The highest BCUT2D eigenvalue weighted by Gasteiger charge is 2.12. The Morgan fingerprint density at radius 3 is 2.91 bits per heavy atom. The summed E-state index contributed by atoms with van der Waals surface area (Å²) in [5, 5.41) is 0. The van der Waals surface area contributed by atoms with Crippen LogP contribution >= 0.6 is 34.4 Å². The van der Waals surface area contributed by atoms with Gasteiger partial charge in [0.25, 0.3) is 0 Å². The first-order valence-corrected chi connectivity index (χ1v) is 6.11. The third kappa shape index (κ3) is 5.75. The lowest BCUT2D eigenvalue weighted by atomic mass is 10.2. The highest BCUT2D eigenvalue weighted by Crippen LogP contribution is 2.00. The van der Waals surface area contributed by atoms with E-state index in [9.17, 15) is 4.79 Å². The Hall–Kier alpha value is 0.510. The van der Waals surface area contributed by atoms with Crippen molar-refractivity contribution in [1.29, 1.82) is 0 Å². The van der Waals surface area contributed by atoms with E-state index in [0.29, 0.717) is 11.0 Å². The molecule has 0 heterocycles. The van der Waals surface area contributed by atoms with Gasteiger partial charge in [0.15, 0.2) is 0 Å². The number of hydrogen-bond acceptors (Lipinski definition) is 4. The number of nitrogens with two attached hydrogens (primary N) is 1. The van der Waals surface area contributed by atoms with Gasteiger partial charge in [-0.15, -0.1) is 0 Å². The van der Waals surface area contributed by atoms with Crippen LogP contribution in [0.25, 0.3) is 0 Å². The summed E-state index contributed by atoms with van der Waals surface area (Å²) in [5.41, 5.74) is 5.50. The van der Waals surface area contributed by atoms with Crippen LogP contribution in [0.2, 0.25) is 0 Å². The SMILES string of the molecule is CSCC[C@H](N)C(=O)OCI. The summed E-state index contributed by atoms with van der Waals surface area (Å²) in [4.78, 5) is 10.9. The maximum absolute atomic E-state index is 10.9. The number of halogens is 1. The van der Waals surface area contributed by atoms with Gasteiger partial charge in [0.1, 0.15) is 10.7 Å². The van der Waals surface area contributed by atoms with Crippen molar-refractivity contribution in [3.05, 3.63) is 0 Å². The van der Waals surface area contributed by atoms with Gasteiger partial charge >= 0.3 is 5.97 Å². The minimum absolute atomic E-state index is 0.298. The second kappa shape index (κ2) is 7.17. The molecule has 0 aliphatic rings. The van der Waals surface area contributed by atoms with Crippen LogP contribution in [0.5, 0.6) is 0 Å². The van der Waals surface area contributed by atoms with Crippen molar-refractivity contribution in [1.82, 2.24) is 0 Å². The molecule has 0 radical (unpaired) electrons. The van der Waals surface area contributed by atoms with Gasteiger partial charge in [-0.1, -0.05) is 0 Å². The monoisotopic (exact) mass is 289 g/mol. The predicted octanol–water partition coefficient (Wildman–Crippen LogP) is 1.00. The molecule has 66 valence electrons. The molecule has 0 bridgehead atoms. The van der Waals surface area contributed by atoms with Gasteiger partial charge in [0.05, 0.1) is 0 Å². The molecule has 3 nitrogen and oxygen atoms in total. The van der Waals surface area contributed by atoms with E-state index in [1.54, 1.807) is 11.8 Å². The minimum atomic E-state index is -0.447. The number of carbonyl (C=O) groups is 1. The Kier molecular flexibility index (Phi) is 7.51. The fraction of sp³-hybridized carbons (Fsp3) is 0.833. The van der Waals surface area contributed by atoms with Crippen molar-refractivity contribution in [2.45, 2.75) is 12.5 Å².